The second-order valence-electron chi connectivity index (χ2n) is 5.58. The highest BCUT2D eigenvalue weighted by Crippen LogP contribution is 2.36. The number of anilines is 1. The molecule has 9 heteroatoms. The van der Waals surface area contributed by atoms with Crippen LogP contribution in [0.4, 0.5) is 18.9 Å². The summed E-state index contributed by atoms with van der Waals surface area (Å²) in [5.41, 5.74) is -3.76. The van der Waals surface area contributed by atoms with Crippen molar-refractivity contribution in [3.8, 4) is 5.75 Å². The van der Waals surface area contributed by atoms with Gasteiger partial charge < -0.3 is 19.6 Å². The van der Waals surface area contributed by atoms with Crippen LogP contribution in [0.15, 0.2) is 34.9 Å². The lowest BCUT2D eigenvalue weighted by Gasteiger charge is -2.25. The lowest BCUT2D eigenvalue weighted by molar-refractivity contribution is -0.242. The van der Waals surface area contributed by atoms with Crippen molar-refractivity contribution in [2.75, 3.05) is 5.32 Å². The van der Waals surface area contributed by atoms with Gasteiger partial charge in [-0.3, -0.25) is 9.59 Å². The van der Waals surface area contributed by atoms with Crippen LogP contribution in [0.25, 0.3) is 0 Å². The lowest BCUT2D eigenvalue weighted by atomic mass is 10.0. The van der Waals surface area contributed by atoms with Crippen molar-refractivity contribution >= 4 is 17.4 Å². The molecule has 0 saturated heterocycles. The molecule has 0 aliphatic carbocycles. The van der Waals surface area contributed by atoms with E-state index < -0.39 is 23.5 Å². The number of carbonyl (C=O) groups excluding carboxylic acids is 2. The zero-order chi connectivity index (χ0) is 18.4. The average Bonchev–Trinajstić information content (AvgIpc) is 2.95. The SMILES string of the molecule is C[C@@](O)(C(=O)Nc1cccc2c1C(=O)c1ccoc1CO2)C(F)(F)F. The van der Waals surface area contributed by atoms with Gasteiger partial charge in [0.05, 0.1) is 23.1 Å². The predicted molar refractivity (Wildman–Crippen MR) is 78.2 cm³/mol. The lowest BCUT2D eigenvalue weighted by Crippen LogP contribution is -2.52. The fourth-order valence-electron chi connectivity index (χ4n) is 2.30. The van der Waals surface area contributed by atoms with Crippen molar-refractivity contribution in [2.45, 2.75) is 25.3 Å². The first-order valence-electron chi connectivity index (χ1n) is 7.10. The van der Waals surface area contributed by atoms with Crippen molar-refractivity contribution in [3.63, 3.8) is 0 Å². The maximum absolute atomic E-state index is 12.8. The molecule has 132 valence electrons. The van der Waals surface area contributed by atoms with Crippen LogP contribution in [-0.2, 0) is 11.4 Å². The van der Waals surface area contributed by atoms with E-state index in [9.17, 15) is 27.9 Å². The number of halogens is 3. The summed E-state index contributed by atoms with van der Waals surface area (Å²) < 4.78 is 49.0. The van der Waals surface area contributed by atoms with Gasteiger partial charge in [0.1, 0.15) is 12.4 Å². The van der Waals surface area contributed by atoms with Gasteiger partial charge in [-0.05, 0) is 25.1 Å². The molecule has 2 aromatic rings. The first-order chi connectivity index (χ1) is 11.6. The van der Waals surface area contributed by atoms with Gasteiger partial charge in [-0.15, -0.1) is 0 Å². The van der Waals surface area contributed by atoms with Crippen LogP contribution in [0.1, 0.15) is 28.6 Å². The summed E-state index contributed by atoms with van der Waals surface area (Å²) >= 11 is 0. The summed E-state index contributed by atoms with van der Waals surface area (Å²) in [6.07, 6.45) is -3.90. The molecule has 1 aliphatic heterocycles. The first kappa shape index (κ1) is 17.0. The number of carbonyl (C=O) groups is 2. The van der Waals surface area contributed by atoms with Gasteiger partial charge in [0, 0.05) is 0 Å². The number of rotatable bonds is 2. The zero-order valence-electron chi connectivity index (χ0n) is 12.8. The van der Waals surface area contributed by atoms with Gasteiger partial charge >= 0.3 is 6.18 Å². The minimum Gasteiger partial charge on any atom is -0.485 e. The fourth-order valence-corrected chi connectivity index (χ4v) is 2.30. The normalized spacial score (nSPS) is 16.1. The van der Waals surface area contributed by atoms with E-state index in [1.807, 2.05) is 5.32 Å². The molecule has 1 amide bonds. The number of benzene rings is 1. The average molecular weight is 355 g/mol. The number of furan rings is 1. The second kappa shape index (κ2) is 5.62. The molecule has 3 rings (SSSR count). The maximum Gasteiger partial charge on any atom is 0.426 e. The van der Waals surface area contributed by atoms with E-state index >= 15 is 0 Å². The van der Waals surface area contributed by atoms with E-state index in [2.05, 4.69) is 0 Å². The number of hydrogen-bond acceptors (Lipinski definition) is 5. The molecule has 0 fully saturated rings. The van der Waals surface area contributed by atoms with Crippen molar-refractivity contribution < 1.29 is 37.0 Å². The molecule has 1 aromatic heterocycles. The largest absolute Gasteiger partial charge is 0.485 e. The summed E-state index contributed by atoms with van der Waals surface area (Å²) in [6.45, 7) is 0.287. The van der Waals surface area contributed by atoms with Gasteiger partial charge in [-0.2, -0.15) is 13.2 Å². The minimum absolute atomic E-state index is 0.0429. The highest BCUT2D eigenvalue weighted by Gasteiger charge is 2.56. The summed E-state index contributed by atoms with van der Waals surface area (Å²) in [6, 6.07) is 5.49. The van der Waals surface area contributed by atoms with Crippen molar-refractivity contribution in [1.82, 2.24) is 0 Å². The van der Waals surface area contributed by atoms with E-state index in [1.54, 1.807) is 0 Å². The molecule has 0 unspecified atom stereocenters. The number of ether oxygens (including phenoxy) is 1. The Balaban J connectivity index is 2.01. The third-order valence-corrected chi connectivity index (χ3v) is 3.84. The Kier molecular flexibility index (Phi) is 3.83. The molecule has 2 heterocycles. The summed E-state index contributed by atoms with van der Waals surface area (Å²) in [4.78, 5) is 24.6. The van der Waals surface area contributed by atoms with Crippen LogP contribution in [-0.4, -0.2) is 28.6 Å². The molecular weight excluding hydrogens is 343 g/mol. The van der Waals surface area contributed by atoms with Crippen LogP contribution in [0, 0.1) is 0 Å². The Hall–Kier alpha value is -2.81. The molecule has 1 aliphatic rings. The highest BCUT2D eigenvalue weighted by molar-refractivity contribution is 6.16. The Morgan fingerprint density at radius 2 is 2.00 bits per heavy atom. The van der Waals surface area contributed by atoms with E-state index in [-0.39, 0.29) is 34.9 Å². The molecule has 1 aromatic carbocycles. The minimum atomic E-state index is -5.18. The standard InChI is InChI=1S/C16H12F3NO5/c1-15(23,16(17,18)19)14(22)20-9-3-2-4-10-12(9)13(21)8-5-6-24-11(8)7-25-10/h2-6,23H,7H2,1H3,(H,20,22)/t15-/m1/s1. The highest BCUT2D eigenvalue weighted by atomic mass is 19.4. The third kappa shape index (κ3) is 2.76. The molecule has 0 spiro atoms. The monoisotopic (exact) mass is 355 g/mol. The number of alkyl halides is 3. The van der Waals surface area contributed by atoms with Gasteiger partial charge in [-0.25, -0.2) is 0 Å². The maximum atomic E-state index is 12.8. The second-order valence-corrected chi connectivity index (χ2v) is 5.58. The molecule has 6 nitrogen and oxygen atoms in total. The Morgan fingerprint density at radius 3 is 2.68 bits per heavy atom. The molecule has 25 heavy (non-hydrogen) atoms. The number of hydrogen-bond donors (Lipinski definition) is 2. The molecule has 1 atom stereocenters. The number of aliphatic hydroxyl groups is 1. The Bertz CT molecular complexity index is 854. The molecule has 2 N–H and O–H groups in total. The smallest absolute Gasteiger partial charge is 0.426 e. The molecule has 0 saturated carbocycles. The zero-order valence-corrected chi connectivity index (χ0v) is 12.8. The van der Waals surface area contributed by atoms with Crippen LogP contribution >= 0.6 is 0 Å². The predicted octanol–water partition coefficient (Wildman–Crippen LogP) is 2.65. The van der Waals surface area contributed by atoms with E-state index in [4.69, 9.17) is 9.15 Å². The molecular formula is C16H12F3NO5. The van der Waals surface area contributed by atoms with Crippen molar-refractivity contribution in [1.29, 1.82) is 0 Å². The Morgan fingerprint density at radius 1 is 1.28 bits per heavy atom. The van der Waals surface area contributed by atoms with Gasteiger partial charge in [0.25, 0.3) is 5.91 Å². The van der Waals surface area contributed by atoms with Gasteiger partial charge in [0.15, 0.2) is 5.76 Å². The van der Waals surface area contributed by atoms with E-state index in [0.29, 0.717) is 6.92 Å². The van der Waals surface area contributed by atoms with Crippen LogP contribution in [0.5, 0.6) is 5.75 Å². The van der Waals surface area contributed by atoms with Gasteiger partial charge in [-0.1, -0.05) is 6.07 Å². The number of amides is 1. The van der Waals surface area contributed by atoms with Crippen LogP contribution in [0.2, 0.25) is 0 Å². The van der Waals surface area contributed by atoms with Crippen LogP contribution in [0.3, 0.4) is 0 Å². The fraction of sp³-hybridized carbons (Fsp3) is 0.250. The number of ketones is 1. The molecule has 0 bridgehead atoms. The van der Waals surface area contributed by atoms with Crippen molar-refractivity contribution in [3.05, 3.63) is 47.4 Å². The number of nitrogens with one attached hydrogen (secondary N) is 1. The van der Waals surface area contributed by atoms with Crippen LogP contribution < -0.4 is 10.1 Å². The topological polar surface area (TPSA) is 88.8 Å². The Labute approximate surface area is 139 Å². The first-order valence-corrected chi connectivity index (χ1v) is 7.10. The van der Waals surface area contributed by atoms with E-state index in [0.717, 1.165) is 0 Å². The third-order valence-electron chi connectivity index (χ3n) is 3.84. The van der Waals surface area contributed by atoms with E-state index in [1.165, 1.54) is 30.5 Å². The number of fused-ring (bicyclic) bond motifs is 2. The molecule has 0 radical (unpaired) electrons. The summed E-state index contributed by atoms with van der Waals surface area (Å²) in [5, 5.41) is 11.4. The summed E-state index contributed by atoms with van der Waals surface area (Å²) in [7, 11) is 0. The van der Waals surface area contributed by atoms with Gasteiger partial charge in [0.2, 0.25) is 11.4 Å². The summed E-state index contributed by atoms with van der Waals surface area (Å²) in [5.74, 6) is -1.93. The quantitative estimate of drug-likeness (QED) is 0.865. The van der Waals surface area contributed by atoms with Crippen molar-refractivity contribution in [2.24, 2.45) is 0 Å².